The highest BCUT2D eigenvalue weighted by molar-refractivity contribution is 5.83. The number of fused-ring (bicyclic) bond motifs is 1. The van der Waals surface area contributed by atoms with Crippen molar-refractivity contribution in [1.82, 2.24) is 15.3 Å². The van der Waals surface area contributed by atoms with Crippen LogP contribution in [0.25, 0.3) is 10.9 Å². The topological polar surface area (TPSA) is 37.8 Å². The Bertz CT molecular complexity index is 755. The van der Waals surface area contributed by atoms with Gasteiger partial charge in [-0.15, -0.1) is 0 Å². The number of benzene rings is 1. The van der Waals surface area contributed by atoms with Gasteiger partial charge in [-0.3, -0.25) is 9.97 Å². The molecule has 0 aliphatic rings. The molecule has 1 aromatic carbocycles. The van der Waals surface area contributed by atoms with Gasteiger partial charge in [0.2, 0.25) is 0 Å². The first-order chi connectivity index (χ1) is 10.2. The Morgan fingerprint density at radius 1 is 1.00 bits per heavy atom. The maximum atomic E-state index is 4.47. The molecule has 106 valence electrons. The predicted octanol–water partition coefficient (Wildman–Crippen LogP) is 3.56. The summed E-state index contributed by atoms with van der Waals surface area (Å²) >= 11 is 0. The van der Waals surface area contributed by atoms with E-state index in [1.54, 1.807) is 0 Å². The molecule has 0 radical (unpaired) electrons. The molecule has 0 fully saturated rings. The van der Waals surface area contributed by atoms with Crippen molar-refractivity contribution in [2.75, 3.05) is 7.05 Å². The Morgan fingerprint density at radius 2 is 1.76 bits per heavy atom. The number of nitrogens with zero attached hydrogens (tertiary/aromatic N) is 2. The summed E-state index contributed by atoms with van der Waals surface area (Å²) in [5.41, 5.74) is 5.59. The molecule has 1 N–H and O–H groups in total. The zero-order valence-corrected chi connectivity index (χ0v) is 12.6. The number of aromatic nitrogens is 2. The van der Waals surface area contributed by atoms with Gasteiger partial charge in [-0.25, -0.2) is 0 Å². The minimum atomic E-state index is 0.137. The normalized spacial score (nSPS) is 12.5. The van der Waals surface area contributed by atoms with E-state index < -0.39 is 0 Å². The van der Waals surface area contributed by atoms with Crippen LogP contribution in [0, 0.1) is 13.8 Å². The number of aryl methyl sites for hydroxylation is 2. The minimum Gasteiger partial charge on any atom is -0.309 e. The number of nitrogens with one attached hydrogen (secondary N) is 1. The molecule has 0 bridgehead atoms. The van der Waals surface area contributed by atoms with Crippen molar-refractivity contribution in [2.24, 2.45) is 0 Å². The Balaban J connectivity index is 2.18. The molecule has 3 aromatic rings. The van der Waals surface area contributed by atoms with Crippen molar-refractivity contribution in [3.05, 3.63) is 71.2 Å². The lowest BCUT2D eigenvalue weighted by molar-refractivity contribution is 0.693. The Kier molecular flexibility index (Phi) is 3.67. The first kappa shape index (κ1) is 13.7. The van der Waals surface area contributed by atoms with Crippen LogP contribution in [0.5, 0.6) is 0 Å². The van der Waals surface area contributed by atoms with Gasteiger partial charge in [-0.2, -0.15) is 0 Å². The van der Waals surface area contributed by atoms with Crippen LogP contribution in [0.4, 0.5) is 0 Å². The molecule has 3 nitrogen and oxygen atoms in total. The van der Waals surface area contributed by atoms with Gasteiger partial charge in [0, 0.05) is 23.0 Å². The highest BCUT2D eigenvalue weighted by Crippen LogP contribution is 2.28. The third kappa shape index (κ3) is 2.65. The second kappa shape index (κ2) is 5.62. The van der Waals surface area contributed by atoms with Gasteiger partial charge in [0.1, 0.15) is 0 Å². The third-order valence-corrected chi connectivity index (χ3v) is 3.72. The number of pyridine rings is 2. The van der Waals surface area contributed by atoms with E-state index in [0.29, 0.717) is 0 Å². The average molecular weight is 277 g/mol. The average Bonchev–Trinajstić information content (AvgIpc) is 2.47. The molecule has 1 atom stereocenters. The number of hydrogen-bond acceptors (Lipinski definition) is 3. The van der Waals surface area contributed by atoms with Gasteiger partial charge in [0.25, 0.3) is 0 Å². The van der Waals surface area contributed by atoms with Crippen molar-refractivity contribution in [3.8, 4) is 0 Å². The van der Waals surface area contributed by atoms with Crippen molar-refractivity contribution in [1.29, 1.82) is 0 Å². The van der Waals surface area contributed by atoms with Crippen LogP contribution in [-0.2, 0) is 0 Å². The lowest BCUT2D eigenvalue weighted by Gasteiger charge is -2.20. The minimum absolute atomic E-state index is 0.137. The fourth-order valence-corrected chi connectivity index (χ4v) is 2.91. The summed E-state index contributed by atoms with van der Waals surface area (Å²) in [5, 5.41) is 4.61. The summed E-state index contributed by atoms with van der Waals surface area (Å²) < 4.78 is 0. The van der Waals surface area contributed by atoms with E-state index in [1.807, 2.05) is 33.2 Å². The molecule has 0 saturated heterocycles. The van der Waals surface area contributed by atoms with Gasteiger partial charge in [0.15, 0.2) is 0 Å². The second-order valence-corrected chi connectivity index (χ2v) is 5.32. The van der Waals surface area contributed by atoms with Crippen LogP contribution in [-0.4, -0.2) is 17.0 Å². The van der Waals surface area contributed by atoms with Crippen LogP contribution >= 0.6 is 0 Å². The molecule has 21 heavy (non-hydrogen) atoms. The van der Waals surface area contributed by atoms with Gasteiger partial charge in [0.05, 0.1) is 11.6 Å². The zero-order valence-electron chi connectivity index (χ0n) is 12.6. The molecule has 3 rings (SSSR count). The summed E-state index contributed by atoms with van der Waals surface area (Å²) in [4.78, 5) is 8.91. The molecule has 0 saturated carbocycles. The lowest BCUT2D eigenvalue weighted by atomic mass is 9.95. The van der Waals surface area contributed by atoms with E-state index in [9.17, 15) is 0 Å². The maximum Gasteiger partial charge on any atom is 0.0705 e. The van der Waals surface area contributed by atoms with E-state index in [0.717, 1.165) is 16.9 Å². The van der Waals surface area contributed by atoms with E-state index in [-0.39, 0.29) is 6.04 Å². The van der Waals surface area contributed by atoms with Crippen LogP contribution < -0.4 is 5.32 Å². The molecular weight excluding hydrogens is 258 g/mol. The Hall–Kier alpha value is -2.26. The largest absolute Gasteiger partial charge is 0.309 e. The summed E-state index contributed by atoms with van der Waals surface area (Å²) in [5.74, 6) is 0. The first-order valence-electron chi connectivity index (χ1n) is 7.15. The quantitative estimate of drug-likeness (QED) is 0.795. The van der Waals surface area contributed by atoms with Gasteiger partial charge in [-0.1, -0.05) is 18.2 Å². The van der Waals surface area contributed by atoms with E-state index >= 15 is 0 Å². The molecule has 2 heterocycles. The lowest BCUT2D eigenvalue weighted by Crippen LogP contribution is -2.18. The number of rotatable bonds is 3. The molecule has 2 aromatic heterocycles. The van der Waals surface area contributed by atoms with E-state index in [4.69, 9.17) is 0 Å². The fraction of sp³-hybridized carbons (Fsp3) is 0.222. The molecule has 3 heteroatoms. The fourth-order valence-electron chi connectivity index (χ4n) is 2.91. The Labute approximate surface area is 125 Å². The van der Waals surface area contributed by atoms with Crippen molar-refractivity contribution in [3.63, 3.8) is 0 Å². The summed E-state index contributed by atoms with van der Waals surface area (Å²) in [7, 11) is 1.99. The van der Waals surface area contributed by atoms with E-state index in [1.165, 1.54) is 16.5 Å². The standard InChI is InChI=1S/C18H19N3/c1-12-10-14(11-13(2)21-12)18(19-3)16-6-4-8-17-15(16)7-5-9-20-17/h4-11,18-19H,1-3H3. The van der Waals surface area contributed by atoms with Crippen LogP contribution in [0.1, 0.15) is 28.6 Å². The van der Waals surface area contributed by atoms with Gasteiger partial charge < -0.3 is 5.32 Å². The van der Waals surface area contributed by atoms with Gasteiger partial charge in [-0.05, 0) is 56.3 Å². The zero-order chi connectivity index (χ0) is 14.8. The SMILES string of the molecule is CNC(c1cc(C)nc(C)c1)c1cccc2ncccc12. The highest BCUT2D eigenvalue weighted by atomic mass is 14.9. The molecular formula is C18H19N3. The van der Waals surface area contributed by atoms with Crippen molar-refractivity contribution in [2.45, 2.75) is 19.9 Å². The molecule has 0 spiro atoms. The predicted molar refractivity (Wildman–Crippen MR) is 86.4 cm³/mol. The van der Waals surface area contributed by atoms with E-state index in [2.05, 4.69) is 51.7 Å². The van der Waals surface area contributed by atoms with Crippen LogP contribution in [0.3, 0.4) is 0 Å². The molecule has 0 aliphatic heterocycles. The molecule has 1 unspecified atom stereocenters. The van der Waals surface area contributed by atoms with Crippen molar-refractivity contribution >= 4 is 10.9 Å². The van der Waals surface area contributed by atoms with Crippen molar-refractivity contribution < 1.29 is 0 Å². The summed E-state index contributed by atoms with van der Waals surface area (Å²) in [6.07, 6.45) is 1.83. The maximum absolute atomic E-state index is 4.47. The number of hydrogen-bond donors (Lipinski definition) is 1. The highest BCUT2D eigenvalue weighted by Gasteiger charge is 2.15. The third-order valence-electron chi connectivity index (χ3n) is 3.72. The van der Waals surface area contributed by atoms with Crippen LogP contribution in [0.2, 0.25) is 0 Å². The first-order valence-corrected chi connectivity index (χ1v) is 7.15. The molecule has 0 amide bonds. The van der Waals surface area contributed by atoms with Gasteiger partial charge >= 0.3 is 0 Å². The van der Waals surface area contributed by atoms with Crippen LogP contribution in [0.15, 0.2) is 48.7 Å². The summed E-state index contributed by atoms with van der Waals surface area (Å²) in [6, 6.07) is 14.8. The molecule has 0 aliphatic carbocycles. The monoisotopic (exact) mass is 277 g/mol. The second-order valence-electron chi connectivity index (χ2n) is 5.32. The summed E-state index contributed by atoms with van der Waals surface area (Å²) in [6.45, 7) is 4.07. The Morgan fingerprint density at radius 3 is 2.48 bits per heavy atom. The smallest absolute Gasteiger partial charge is 0.0705 e.